The maximum atomic E-state index is 12.4. The number of hydrogen-bond acceptors (Lipinski definition) is 5. The summed E-state index contributed by atoms with van der Waals surface area (Å²) in [5, 5.41) is 7.20. The molecule has 3 heterocycles. The number of nitrogens with zero attached hydrogens (tertiary/aromatic N) is 3. The van der Waals surface area contributed by atoms with Crippen molar-refractivity contribution in [2.45, 2.75) is 44.5 Å². The van der Waals surface area contributed by atoms with Crippen LogP contribution in [-0.4, -0.2) is 44.0 Å². The van der Waals surface area contributed by atoms with Crippen LogP contribution in [0.4, 0.5) is 0 Å². The van der Waals surface area contributed by atoms with E-state index < -0.39 is 0 Å². The Kier molecular flexibility index (Phi) is 4.63. The molecule has 1 aliphatic heterocycles. The van der Waals surface area contributed by atoms with Crippen molar-refractivity contribution >= 4 is 17.5 Å². The van der Waals surface area contributed by atoms with Crippen molar-refractivity contribution in [2.75, 3.05) is 12.4 Å². The van der Waals surface area contributed by atoms with Crippen molar-refractivity contribution < 1.29 is 9.53 Å². The van der Waals surface area contributed by atoms with Crippen molar-refractivity contribution in [1.82, 2.24) is 19.7 Å². The van der Waals surface area contributed by atoms with Crippen LogP contribution in [0.25, 0.3) is 0 Å². The summed E-state index contributed by atoms with van der Waals surface area (Å²) >= 11 is 1.37. The minimum atomic E-state index is 0.119. The van der Waals surface area contributed by atoms with E-state index in [1.807, 2.05) is 19.9 Å². The van der Waals surface area contributed by atoms with Gasteiger partial charge in [-0.15, -0.1) is 0 Å². The Morgan fingerprint density at radius 2 is 2.41 bits per heavy atom. The fraction of sp³-hybridized carbons (Fsp3) is 0.533. The van der Waals surface area contributed by atoms with Crippen molar-refractivity contribution in [1.29, 1.82) is 0 Å². The van der Waals surface area contributed by atoms with Gasteiger partial charge in [0, 0.05) is 30.1 Å². The zero-order valence-corrected chi connectivity index (χ0v) is 13.7. The van der Waals surface area contributed by atoms with Crippen molar-refractivity contribution in [3.05, 3.63) is 29.3 Å². The van der Waals surface area contributed by atoms with Crippen LogP contribution in [0.2, 0.25) is 0 Å². The second-order valence-corrected chi connectivity index (χ2v) is 6.50. The molecule has 3 rings (SSSR count). The second kappa shape index (κ2) is 6.66. The number of rotatable bonds is 6. The molecule has 0 bridgehead atoms. The molecule has 0 spiro atoms. The predicted molar refractivity (Wildman–Crippen MR) is 84.3 cm³/mol. The summed E-state index contributed by atoms with van der Waals surface area (Å²) in [6.07, 6.45) is 3.95. The molecule has 0 aliphatic carbocycles. The van der Waals surface area contributed by atoms with Crippen molar-refractivity contribution in [3.63, 3.8) is 0 Å². The van der Waals surface area contributed by atoms with E-state index in [9.17, 15) is 4.79 Å². The van der Waals surface area contributed by atoms with E-state index in [0.717, 1.165) is 42.9 Å². The van der Waals surface area contributed by atoms with Gasteiger partial charge < -0.3 is 9.30 Å². The highest BCUT2D eigenvalue weighted by molar-refractivity contribution is 7.99. The van der Waals surface area contributed by atoms with Crippen LogP contribution in [0.3, 0.4) is 0 Å². The number of aromatic amines is 1. The molecule has 0 unspecified atom stereocenters. The molecule has 1 aliphatic rings. The first-order valence-electron chi connectivity index (χ1n) is 7.45. The number of carbonyl (C=O) groups excluding carboxylic acids is 1. The van der Waals surface area contributed by atoms with Gasteiger partial charge in [0.2, 0.25) is 0 Å². The fourth-order valence-corrected chi connectivity index (χ4v) is 3.49. The Bertz CT molecular complexity index is 645. The number of thioether (sulfide) groups is 1. The maximum absolute atomic E-state index is 12.4. The molecule has 0 radical (unpaired) electrons. The van der Waals surface area contributed by atoms with E-state index >= 15 is 0 Å². The van der Waals surface area contributed by atoms with E-state index in [4.69, 9.17) is 4.74 Å². The average Bonchev–Trinajstić information content (AvgIpc) is 3.23. The molecule has 2 aromatic heterocycles. The smallest absolute Gasteiger partial charge is 0.183 e. The molecule has 6 nitrogen and oxygen atoms in total. The molecule has 7 heteroatoms. The van der Waals surface area contributed by atoms with Crippen LogP contribution in [-0.2, 0) is 11.3 Å². The van der Waals surface area contributed by atoms with E-state index in [1.54, 1.807) is 0 Å². The minimum absolute atomic E-state index is 0.119. The zero-order valence-electron chi connectivity index (χ0n) is 12.8. The molecule has 0 amide bonds. The summed E-state index contributed by atoms with van der Waals surface area (Å²) < 4.78 is 7.90. The summed E-state index contributed by atoms with van der Waals surface area (Å²) in [6.45, 7) is 5.74. The Balaban J connectivity index is 1.69. The molecule has 118 valence electrons. The zero-order chi connectivity index (χ0) is 15.5. The number of Topliss-reactive ketones (excluding diaryl/α,β-unsaturated/α-hetero) is 1. The quantitative estimate of drug-likeness (QED) is 0.653. The van der Waals surface area contributed by atoms with Crippen molar-refractivity contribution in [3.8, 4) is 0 Å². The van der Waals surface area contributed by atoms with Crippen LogP contribution in [0, 0.1) is 13.8 Å². The highest BCUT2D eigenvalue weighted by Gasteiger charge is 2.21. The second-order valence-electron chi connectivity index (χ2n) is 5.53. The van der Waals surface area contributed by atoms with Gasteiger partial charge in [-0.2, -0.15) is 5.10 Å². The standard InChI is InChI=1S/C15H20N4O2S/c1-10-6-13(14(20)8-22-15-16-9-17-18-15)11(2)19(10)7-12-4-3-5-21-12/h6,9,12H,3-5,7-8H2,1-2H3,(H,16,17,18)/t12-/m0/s1. The Hall–Kier alpha value is -1.60. The first-order chi connectivity index (χ1) is 10.6. The summed E-state index contributed by atoms with van der Waals surface area (Å²) in [4.78, 5) is 16.5. The molecule has 2 aromatic rings. The third-order valence-electron chi connectivity index (χ3n) is 4.02. The summed E-state index contributed by atoms with van der Waals surface area (Å²) in [5.41, 5.74) is 2.93. The molecular weight excluding hydrogens is 300 g/mol. The average molecular weight is 320 g/mol. The van der Waals surface area contributed by atoms with Crippen molar-refractivity contribution in [2.24, 2.45) is 0 Å². The summed E-state index contributed by atoms with van der Waals surface area (Å²) in [6, 6.07) is 1.98. The number of ketones is 1. The molecule has 1 atom stereocenters. The number of nitrogens with one attached hydrogen (secondary N) is 1. The topological polar surface area (TPSA) is 72.8 Å². The van der Waals surface area contributed by atoms with Gasteiger partial charge >= 0.3 is 0 Å². The van der Waals surface area contributed by atoms with Crippen LogP contribution in [0.15, 0.2) is 17.6 Å². The largest absolute Gasteiger partial charge is 0.376 e. The lowest BCUT2D eigenvalue weighted by atomic mass is 10.2. The van der Waals surface area contributed by atoms with E-state index in [2.05, 4.69) is 19.7 Å². The monoisotopic (exact) mass is 320 g/mol. The van der Waals surface area contributed by atoms with Gasteiger partial charge in [0.25, 0.3) is 0 Å². The van der Waals surface area contributed by atoms with Gasteiger partial charge in [-0.05, 0) is 32.8 Å². The molecule has 1 saturated heterocycles. The van der Waals surface area contributed by atoms with Crippen LogP contribution in [0.5, 0.6) is 0 Å². The Morgan fingerprint density at radius 1 is 1.55 bits per heavy atom. The number of aryl methyl sites for hydroxylation is 1. The normalized spacial score (nSPS) is 18.0. The lowest BCUT2D eigenvalue weighted by Gasteiger charge is -2.14. The van der Waals surface area contributed by atoms with Gasteiger partial charge in [-0.1, -0.05) is 11.8 Å². The Labute approximate surface area is 133 Å². The van der Waals surface area contributed by atoms with E-state index in [-0.39, 0.29) is 11.9 Å². The SMILES string of the molecule is Cc1cc(C(=O)CSc2ncn[nH]2)c(C)n1C[C@@H]1CCCO1. The first-order valence-corrected chi connectivity index (χ1v) is 8.43. The van der Waals surface area contributed by atoms with Gasteiger partial charge in [0.05, 0.1) is 11.9 Å². The van der Waals surface area contributed by atoms with Gasteiger partial charge in [0.1, 0.15) is 6.33 Å². The number of hydrogen-bond donors (Lipinski definition) is 1. The first kappa shape index (κ1) is 15.3. The van der Waals surface area contributed by atoms with Crippen LogP contribution < -0.4 is 0 Å². The number of carbonyl (C=O) groups is 1. The van der Waals surface area contributed by atoms with Gasteiger partial charge in [-0.25, -0.2) is 4.98 Å². The van der Waals surface area contributed by atoms with Crippen LogP contribution >= 0.6 is 11.8 Å². The molecule has 1 N–H and O–H groups in total. The highest BCUT2D eigenvalue weighted by Crippen LogP contribution is 2.22. The molecule has 1 fully saturated rings. The van der Waals surface area contributed by atoms with E-state index in [1.165, 1.54) is 18.1 Å². The summed E-state index contributed by atoms with van der Waals surface area (Å²) in [5.74, 6) is 0.479. The third-order valence-corrected chi connectivity index (χ3v) is 4.89. The Morgan fingerprint density at radius 3 is 3.09 bits per heavy atom. The van der Waals surface area contributed by atoms with Crippen LogP contribution in [0.1, 0.15) is 34.6 Å². The number of aromatic nitrogens is 4. The third kappa shape index (κ3) is 3.25. The lowest BCUT2D eigenvalue weighted by Crippen LogP contribution is -2.17. The fourth-order valence-electron chi connectivity index (χ4n) is 2.83. The maximum Gasteiger partial charge on any atom is 0.183 e. The lowest BCUT2D eigenvalue weighted by molar-refractivity contribution is 0.0957. The molecule has 22 heavy (non-hydrogen) atoms. The van der Waals surface area contributed by atoms with E-state index in [0.29, 0.717) is 10.9 Å². The van der Waals surface area contributed by atoms with Gasteiger partial charge in [-0.3, -0.25) is 9.89 Å². The number of H-pyrrole nitrogens is 1. The summed E-state index contributed by atoms with van der Waals surface area (Å²) in [7, 11) is 0. The minimum Gasteiger partial charge on any atom is -0.376 e. The molecule has 0 saturated carbocycles. The molecule has 0 aromatic carbocycles. The highest BCUT2D eigenvalue weighted by atomic mass is 32.2. The molecular formula is C15H20N4O2S. The van der Waals surface area contributed by atoms with Gasteiger partial charge in [0.15, 0.2) is 10.9 Å². The predicted octanol–water partition coefficient (Wildman–Crippen LogP) is 2.38. The number of ether oxygens (including phenoxy) is 1.